The van der Waals surface area contributed by atoms with Gasteiger partial charge in [0.05, 0.1) is 11.6 Å². The lowest BCUT2D eigenvalue weighted by Gasteiger charge is -2.03. The number of carbonyl (C=O) groups excluding carboxylic acids is 1. The molecule has 5 heteroatoms. The summed E-state index contributed by atoms with van der Waals surface area (Å²) in [7, 11) is 0. The van der Waals surface area contributed by atoms with Crippen molar-refractivity contribution in [2.75, 3.05) is 5.73 Å². The van der Waals surface area contributed by atoms with Crippen LogP contribution in [0.5, 0.6) is 0 Å². The molecule has 0 bridgehead atoms. The third-order valence-electron chi connectivity index (χ3n) is 2.24. The Hall–Kier alpha value is -1.88. The predicted molar refractivity (Wildman–Crippen MR) is 68.9 cm³/mol. The Morgan fingerprint density at radius 3 is 3.00 bits per heavy atom. The van der Waals surface area contributed by atoms with Crippen LogP contribution in [-0.2, 0) is 6.54 Å². The van der Waals surface area contributed by atoms with Crippen LogP contribution in [0.3, 0.4) is 0 Å². The minimum absolute atomic E-state index is 0.122. The van der Waals surface area contributed by atoms with Gasteiger partial charge in [-0.25, -0.2) is 4.98 Å². The van der Waals surface area contributed by atoms with Gasteiger partial charge in [0.1, 0.15) is 0 Å². The number of aromatic nitrogens is 1. The van der Waals surface area contributed by atoms with Gasteiger partial charge in [-0.1, -0.05) is 6.07 Å². The van der Waals surface area contributed by atoms with Crippen LogP contribution >= 0.6 is 11.3 Å². The molecule has 88 valence electrons. The van der Waals surface area contributed by atoms with E-state index >= 15 is 0 Å². The molecule has 17 heavy (non-hydrogen) atoms. The first kappa shape index (κ1) is 11.6. The highest BCUT2D eigenvalue weighted by Crippen LogP contribution is 2.11. The van der Waals surface area contributed by atoms with E-state index in [4.69, 9.17) is 5.73 Å². The average Bonchev–Trinajstić information content (AvgIpc) is 2.72. The highest BCUT2D eigenvalue weighted by Gasteiger charge is 2.06. The van der Waals surface area contributed by atoms with Crippen molar-refractivity contribution in [1.82, 2.24) is 10.3 Å². The van der Waals surface area contributed by atoms with Crippen LogP contribution in [0.25, 0.3) is 0 Å². The summed E-state index contributed by atoms with van der Waals surface area (Å²) >= 11 is 1.58. The minimum Gasteiger partial charge on any atom is -0.399 e. The second-order valence-electron chi connectivity index (χ2n) is 3.65. The first-order chi connectivity index (χ1) is 8.15. The molecule has 2 aromatic rings. The van der Waals surface area contributed by atoms with Gasteiger partial charge >= 0.3 is 0 Å². The van der Waals surface area contributed by atoms with E-state index in [2.05, 4.69) is 10.3 Å². The molecule has 0 radical (unpaired) electrons. The molecule has 2 rings (SSSR count). The third-order valence-corrected chi connectivity index (χ3v) is 3.15. The Kier molecular flexibility index (Phi) is 3.39. The number of thiazole rings is 1. The van der Waals surface area contributed by atoms with Gasteiger partial charge in [0.25, 0.3) is 5.91 Å². The second kappa shape index (κ2) is 4.97. The minimum atomic E-state index is -0.122. The molecule has 0 saturated carbocycles. The van der Waals surface area contributed by atoms with Crippen LogP contribution < -0.4 is 11.1 Å². The van der Waals surface area contributed by atoms with E-state index in [9.17, 15) is 4.79 Å². The number of anilines is 1. The van der Waals surface area contributed by atoms with E-state index in [0.29, 0.717) is 17.8 Å². The summed E-state index contributed by atoms with van der Waals surface area (Å²) in [5, 5.41) is 3.83. The van der Waals surface area contributed by atoms with Crippen molar-refractivity contribution in [2.45, 2.75) is 13.5 Å². The topological polar surface area (TPSA) is 68.0 Å². The predicted octanol–water partition coefficient (Wildman–Crippen LogP) is 1.96. The van der Waals surface area contributed by atoms with Gasteiger partial charge in [-0.3, -0.25) is 4.79 Å². The number of nitrogens with zero attached hydrogens (tertiary/aromatic N) is 1. The van der Waals surface area contributed by atoms with Crippen molar-refractivity contribution in [3.8, 4) is 0 Å². The first-order valence-corrected chi connectivity index (χ1v) is 6.02. The number of hydrogen-bond acceptors (Lipinski definition) is 4. The molecular weight excluding hydrogens is 234 g/mol. The molecule has 1 aromatic carbocycles. The van der Waals surface area contributed by atoms with Gasteiger partial charge in [-0.2, -0.15) is 0 Å². The van der Waals surface area contributed by atoms with Crippen LogP contribution in [0.1, 0.15) is 20.2 Å². The quantitative estimate of drug-likeness (QED) is 0.815. The zero-order valence-corrected chi connectivity index (χ0v) is 10.3. The summed E-state index contributed by atoms with van der Waals surface area (Å²) in [6, 6.07) is 6.92. The zero-order valence-electron chi connectivity index (χ0n) is 9.43. The molecule has 3 N–H and O–H groups in total. The maximum atomic E-state index is 11.8. The summed E-state index contributed by atoms with van der Waals surface area (Å²) in [6.45, 7) is 2.44. The highest BCUT2D eigenvalue weighted by atomic mass is 32.1. The van der Waals surface area contributed by atoms with Gasteiger partial charge in [0, 0.05) is 22.3 Å². The summed E-state index contributed by atoms with van der Waals surface area (Å²) in [5.74, 6) is -0.122. The number of nitrogens with two attached hydrogens (primary N) is 1. The van der Waals surface area contributed by atoms with Crippen LogP contribution in [0.2, 0.25) is 0 Å². The lowest BCUT2D eigenvalue weighted by molar-refractivity contribution is 0.0951. The molecule has 1 heterocycles. The summed E-state index contributed by atoms with van der Waals surface area (Å²) < 4.78 is 0. The molecule has 0 fully saturated rings. The normalized spacial score (nSPS) is 10.2. The van der Waals surface area contributed by atoms with Crippen LogP contribution in [0.4, 0.5) is 5.69 Å². The van der Waals surface area contributed by atoms with Gasteiger partial charge < -0.3 is 11.1 Å². The fourth-order valence-corrected chi connectivity index (χ4v) is 2.17. The van der Waals surface area contributed by atoms with Crippen LogP contribution in [0, 0.1) is 6.92 Å². The Morgan fingerprint density at radius 1 is 1.53 bits per heavy atom. The van der Waals surface area contributed by atoms with Gasteiger partial charge in [0.2, 0.25) is 0 Å². The molecule has 0 aliphatic rings. The van der Waals surface area contributed by atoms with Crippen molar-refractivity contribution < 1.29 is 4.79 Å². The average molecular weight is 247 g/mol. The van der Waals surface area contributed by atoms with E-state index in [1.165, 1.54) is 0 Å². The Labute approximate surface area is 103 Å². The molecular formula is C12H13N3OS. The SMILES string of the molecule is Cc1ncc(CNC(=O)c2cccc(N)c2)s1. The Balaban J connectivity index is 1.98. The number of aryl methyl sites for hydroxylation is 1. The smallest absolute Gasteiger partial charge is 0.251 e. The zero-order chi connectivity index (χ0) is 12.3. The molecule has 4 nitrogen and oxygen atoms in total. The molecule has 1 amide bonds. The number of amides is 1. The number of benzene rings is 1. The first-order valence-electron chi connectivity index (χ1n) is 5.20. The van der Waals surface area contributed by atoms with Crippen LogP contribution in [0.15, 0.2) is 30.5 Å². The lowest BCUT2D eigenvalue weighted by atomic mass is 10.2. The van der Waals surface area contributed by atoms with E-state index in [1.54, 1.807) is 41.8 Å². The van der Waals surface area contributed by atoms with E-state index in [-0.39, 0.29) is 5.91 Å². The number of nitrogens with one attached hydrogen (secondary N) is 1. The van der Waals surface area contributed by atoms with Crippen molar-refractivity contribution in [2.24, 2.45) is 0 Å². The summed E-state index contributed by atoms with van der Waals surface area (Å²) in [5.41, 5.74) is 6.78. The molecule has 1 aromatic heterocycles. The standard InChI is InChI=1S/C12H13N3OS/c1-8-14-6-11(17-8)7-15-12(16)9-3-2-4-10(13)5-9/h2-6H,7,13H2,1H3,(H,15,16). The third kappa shape index (κ3) is 3.04. The number of rotatable bonds is 3. The molecule has 0 spiro atoms. The van der Waals surface area contributed by atoms with Crippen molar-refractivity contribution in [3.05, 3.63) is 45.9 Å². The molecule has 0 saturated heterocycles. The maximum Gasteiger partial charge on any atom is 0.251 e. The number of carbonyl (C=O) groups is 1. The van der Waals surface area contributed by atoms with Gasteiger partial charge in [-0.15, -0.1) is 11.3 Å². The molecule has 0 atom stereocenters. The van der Waals surface area contributed by atoms with E-state index in [0.717, 1.165) is 9.88 Å². The summed E-state index contributed by atoms with van der Waals surface area (Å²) in [6.07, 6.45) is 1.78. The fraction of sp³-hybridized carbons (Fsp3) is 0.167. The molecule has 0 aliphatic heterocycles. The highest BCUT2D eigenvalue weighted by molar-refractivity contribution is 7.11. The van der Waals surface area contributed by atoms with Crippen molar-refractivity contribution in [1.29, 1.82) is 0 Å². The van der Waals surface area contributed by atoms with E-state index in [1.807, 2.05) is 6.92 Å². The molecule has 0 unspecified atom stereocenters. The Morgan fingerprint density at radius 2 is 2.35 bits per heavy atom. The fourth-order valence-electron chi connectivity index (χ4n) is 1.44. The van der Waals surface area contributed by atoms with Crippen LogP contribution in [-0.4, -0.2) is 10.9 Å². The lowest BCUT2D eigenvalue weighted by Crippen LogP contribution is -2.22. The Bertz CT molecular complexity index is 536. The van der Waals surface area contributed by atoms with Gasteiger partial charge in [0.15, 0.2) is 0 Å². The summed E-state index contributed by atoms with van der Waals surface area (Å²) in [4.78, 5) is 17.0. The second-order valence-corrected chi connectivity index (χ2v) is 4.97. The van der Waals surface area contributed by atoms with Crippen molar-refractivity contribution in [3.63, 3.8) is 0 Å². The monoisotopic (exact) mass is 247 g/mol. The maximum absolute atomic E-state index is 11.8. The van der Waals surface area contributed by atoms with E-state index < -0.39 is 0 Å². The van der Waals surface area contributed by atoms with Crippen molar-refractivity contribution >= 4 is 22.9 Å². The largest absolute Gasteiger partial charge is 0.399 e. The van der Waals surface area contributed by atoms with Gasteiger partial charge in [-0.05, 0) is 25.1 Å². The number of hydrogen-bond donors (Lipinski definition) is 2. The molecule has 0 aliphatic carbocycles. The number of nitrogen functional groups attached to an aromatic ring is 1.